The number of hydrogen-bond acceptors (Lipinski definition) is 5. The number of rotatable bonds is 6. The van der Waals surface area contributed by atoms with E-state index in [4.69, 9.17) is 16.3 Å². The number of hydrogen-bond donors (Lipinski definition) is 1. The van der Waals surface area contributed by atoms with Crippen molar-refractivity contribution in [2.24, 2.45) is 0 Å². The summed E-state index contributed by atoms with van der Waals surface area (Å²) in [5, 5.41) is 16.1. The van der Waals surface area contributed by atoms with Crippen LogP contribution in [0.1, 0.15) is 18.3 Å². The maximum Gasteiger partial charge on any atom is 0.436 e. The van der Waals surface area contributed by atoms with Gasteiger partial charge in [0.2, 0.25) is 5.91 Å². The second-order valence-corrected chi connectivity index (χ2v) is 5.70. The lowest BCUT2D eigenvalue weighted by Crippen LogP contribution is -2.21. The maximum absolute atomic E-state index is 12.8. The van der Waals surface area contributed by atoms with Crippen molar-refractivity contribution in [1.82, 2.24) is 9.78 Å². The van der Waals surface area contributed by atoms with Crippen LogP contribution in [0.15, 0.2) is 18.2 Å². The summed E-state index contributed by atoms with van der Waals surface area (Å²) in [5.74, 6) is -0.565. The Morgan fingerprint density at radius 3 is 2.63 bits per heavy atom. The van der Waals surface area contributed by atoms with Crippen LogP contribution in [0.3, 0.4) is 0 Å². The molecule has 1 aromatic carbocycles. The van der Waals surface area contributed by atoms with E-state index in [1.54, 1.807) is 6.92 Å². The summed E-state index contributed by atoms with van der Waals surface area (Å²) in [6.45, 7) is 2.67. The third kappa shape index (κ3) is 4.67. The number of alkyl halides is 3. The summed E-state index contributed by atoms with van der Waals surface area (Å²) < 4.78 is 44.4. The van der Waals surface area contributed by atoms with Crippen molar-refractivity contribution in [3.8, 4) is 5.75 Å². The van der Waals surface area contributed by atoms with Gasteiger partial charge < -0.3 is 10.1 Å². The molecule has 0 bridgehead atoms. The third-order valence-corrected chi connectivity index (χ3v) is 3.90. The van der Waals surface area contributed by atoms with Crippen LogP contribution in [0.25, 0.3) is 0 Å². The van der Waals surface area contributed by atoms with Crippen LogP contribution in [0.5, 0.6) is 5.75 Å². The monoisotopic (exact) mass is 406 g/mol. The molecule has 0 aliphatic heterocycles. The van der Waals surface area contributed by atoms with Gasteiger partial charge in [0.05, 0.1) is 28.3 Å². The lowest BCUT2D eigenvalue weighted by molar-refractivity contribution is -0.384. The van der Waals surface area contributed by atoms with Crippen LogP contribution in [0.4, 0.5) is 24.5 Å². The average molecular weight is 407 g/mol. The minimum atomic E-state index is -4.77. The molecule has 0 spiro atoms. The van der Waals surface area contributed by atoms with Crippen LogP contribution in [0, 0.1) is 17.0 Å². The Hall–Kier alpha value is -2.82. The Morgan fingerprint density at radius 1 is 1.44 bits per heavy atom. The van der Waals surface area contributed by atoms with Crippen molar-refractivity contribution in [2.75, 3.05) is 11.9 Å². The highest BCUT2D eigenvalue weighted by atomic mass is 35.5. The Balaban J connectivity index is 2.23. The molecule has 1 amide bonds. The number of benzene rings is 1. The number of nitro benzene ring substituents is 1. The molecule has 1 heterocycles. The molecular weight excluding hydrogens is 393 g/mol. The maximum atomic E-state index is 12.8. The molecule has 27 heavy (non-hydrogen) atoms. The zero-order valence-corrected chi connectivity index (χ0v) is 14.9. The molecule has 0 aliphatic rings. The molecule has 12 heteroatoms. The van der Waals surface area contributed by atoms with Gasteiger partial charge >= 0.3 is 6.18 Å². The van der Waals surface area contributed by atoms with Crippen molar-refractivity contribution < 1.29 is 27.6 Å². The van der Waals surface area contributed by atoms with Crippen molar-refractivity contribution in [1.29, 1.82) is 0 Å². The fraction of sp³-hybridized carbons (Fsp3) is 0.333. The van der Waals surface area contributed by atoms with Gasteiger partial charge in [0.1, 0.15) is 18.0 Å². The molecule has 0 atom stereocenters. The molecule has 2 rings (SSSR count). The summed E-state index contributed by atoms with van der Waals surface area (Å²) in [7, 11) is 0. The number of ether oxygens (including phenoxy) is 1. The summed E-state index contributed by atoms with van der Waals surface area (Å²) in [6.07, 6.45) is -4.77. The smallest absolute Gasteiger partial charge is 0.436 e. The first-order chi connectivity index (χ1) is 12.5. The molecule has 0 aliphatic carbocycles. The second-order valence-electron chi connectivity index (χ2n) is 5.32. The molecule has 0 fully saturated rings. The molecule has 0 saturated carbocycles. The molecule has 1 N–H and O–H groups in total. The van der Waals surface area contributed by atoms with E-state index in [2.05, 4.69) is 10.4 Å². The lowest BCUT2D eigenvalue weighted by atomic mass is 10.2. The standard InChI is InChI=1S/C15H14ClF3N4O4/c1-3-27-9-4-5-10(11(6-9)23(25)26)20-12(24)7-22-8(2)13(16)14(21-22)15(17,18)19/h4-6H,3,7H2,1-2H3,(H,20,24). The molecule has 0 saturated heterocycles. The molecule has 0 unspecified atom stereocenters. The van der Waals surface area contributed by atoms with E-state index in [9.17, 15) is 28.1 Å². The van der Waals surface area contributed by atoms with E-state index in [1.165, 1.54) is 19.1 Å². The highest BCUT2D eigenvalue weighted by Crippen LogP contribution is 2.35. The van der Waals surface area contributed by atoms with Gasteiger partial charge in [-0.1, -0.05) is 11.6 Å². The Bertz CT molecular complexity index is 883. The molecule has 2 aromatic rings. The topological polar surface area (TPSA) is 99.3 Å². The van der Waals surface area contributed by atoms with Gasteiger partial charge in [0.15, 0.2) is 5.69 Å². The largest absolute Gasteiger partial charge is 0.494 e. The second kappa shape index (κ2) is 7.82. The zero-order chi connectivity index (χ0) is 20.4. The van der Waals surface area contributed by atoms with Crippen LogP contribution in [-0.4, -0.2) is 27.2 Å². The highest BCUT2D eigenvalue weighted by Gasteiger charge is 2.38. The predicted octanol–water partition coefficient (Wildman–Crippen LogP) is 3.81. The van der Waals surface area contributed by atoms with E-state index in [0.29, 0.717) is 6.61 Å². The molecule has 146 valence electrons. The van der Waals surface area contributed by atoms with Gasteiger partial charge in [-0.05, 0) is 26.0 Å². The van der Waals surface area contributed by atoms with Crippen molar-refractivity contribution >= 4 is 28.9 Å². The number of carbonyl (C=O) groups is 1. The van der Waals surface area contributed by atoms with Gasteiger partial charge in [-0.25, -0.2) is 0 Å². The van der Waals surface area contributed by atoms with Gasteiger partial charge in [-0.15, -0.1) is 0 Å². The number of halogens is 4. The quantitative estimate of drug-likeness (QED) is 0.581. The van der Waals surface area contributed by atoms with E-state index in [0.717, 1.165) is 10.7 Å². The average Bonchev–Trinajstić information content (AvgIpc) is 2.84. The van der Waals surface area contributed by atoms with Crippen LogP contribution in [-0.2, 0) is 17.5 Å². The normalized spacial score (nSPS) is 11.3. The number of amides is 1. The number of nitro groups is 1. The van der Waals surface area contributed by atoms with Crippen LogP contribution < -0.4 is 10.1 Å². The minimum Gasteiger partial charge on any atom is -0.494 e. The Kier molecular flexibility index (Phi) is 5.94. The van der Waals surface area contributed by atoms with E-state index >= 15 is 0 Å². The van der Waals surface area contributed by atoms with E-state index in [1.807, 2.05) is 0 Å². The predicted molar refractivity (Wildman–Crippen MR) is 89.9 cm³/mol. The summed E-state index contributed by atoms with van der Waals surface area (Å²) in [4.78, 5) is 22.6. The lowest BCUT2D eigenvalue weighted by Gasteiger charge is -2.09. The number of aromatic nitrogens is 2. The number of nitrogens with one attached hydrogen (secondary N) is 1. The van der Waals surface area contributed by atoms with Crippen LogP contribution >= 0.6 is 11.6 Å². The number of nitrogens with zero attached hydrogens (tertiary/aromatic N) is 3. The van der Waals surface area contributed by atoms with Crippen LogP contribution in [0.2, 0.25) is 5.02 Å². The molecule has 8 nitrogen and oxygen atoms in total. The zero-order valence-electron chi connectivity index (χ0n) is 14.1. The summed E-state index contributed by atoms with van der Waals surface area (Å²) >= 11 is 5.62. The first kappa shape index (κ1) is 20.5. The van der Waals surface area contributed by atoms with Crippen molar-refractivity contribution in [2.45, 2.75) is 26.6 Å². The van der Waals surface area contributed by atoms with Gasteiger partial charge in [-0.2, -0.15) is 18.3 Å². The van der Waals surface area contributed by atoms with E-state index < -0.39 is 40.0 Å². The fourth-order valence-corrected chi connectivity index (χ4v) is 2.45. The summed E-state index contributed by atoms with van der Waals surface area (Å²) in [5.41, 5.74) is -1.90. The molecule has 0 radical (unpaired) electrons. The highest BCUT2D eigenvalue weighted by molar-refractivity contribution is 6.32. The Morgan fingerprint density at radius 2 is 2.11 bits per heavy atom. The van der Waals surface area contributed by atoms with Crippen molar-refractivity contribution in [3.05, 3.63) is 44.7 Å². The number of carbonyl (C=O) groups excluding carboxylic acids is 1. The minimum absolute atomic E-state index is 0.0552. The fourth-order valence-electron chi connectivity index (χ4n) is 2.21. The summed E-state index contributed by atoms with van der Waals surface area (Å²) in [6, 6.07) is 3.83. The SMILES string of the molecule is CCOc1ccc(NC(=O)Cn2nc(C(F)(F)F)c(Cl)c2C)c([N+](=O)[O-])c1. The Labute approximate surface area is 156 Å². The molecule has 1 aromatic heterocycles. The first-order valence-electron chi connectivity index (χ1n) is 7.55. The molecular formula is C15H14ClF3N4O4. The van der Waals surface area contributed by atoms with Crippen molar-refractivity contribution in [3.63, 3.8) is 0 Å². The third-order valence-electron chi connectivity index (χ3n) is 3.45. The number of anilines is 1. The first-order valence-corrected chi connectivity index (χ1v) is 7.93. The van der Waals surface area contributed by atoms with Gasteiger partial charge in [0.25, 0.3) is 5.69 Å². The van der Waals surface area contributed by atoms with E-state index in [-0.39, 0.29) is 17.1 Å². The van der Waals surface area contributed by atoms with Gasteiger partial charge in [0, 0.05) is 0 Å². The van der Waals surface area contributed by atoms with Gasteiger partial charge in [-0.3, -0.25) is 19.6 Å².